The molecule has 1 aromatic rings. The first kappa shape index (κ1) is 12.8. The van der Waals surface area contributed by atoms with Gasteiger partial charge in [-0.1, -0.05) is 0 Å². The van der Waals surface area contributed by atoms with Crippen molar-refractivity contribution in [1.82, 2.24) is 14.8 Å². The molecule has 1 aliphatic rings. The monoisotopic (exact) mass is 248 g/mol. The van der Waals surface area contributed by atoms with Crippen molar-refractivity contribution < 1.29 is 4.79 Å². The Balaban J connectivity index is 2.04. The van der Waals surface area contributed by atoms with Gasteiger partial charge in [-0.2, -0.15) is 0 Å². The van der Waals surface area contributed by atoms with Crippen LogP contribution in [0.3, 0.4) is 0 Å². The number of carbonyl (C=O) groups is 1. The minimum Gasteiger partial charge on any atom is -0.399 e. The number of likely N-dealkylation sites (tertiary alicyclic amines) is 1. The van der Waals surface area contributed by atoms with Crippen molar-refractivity contribution in [3.05, 3.63) is 24.0 Å². The van der Waals surface area contributed by atoms with E-state index in [4.69, 9.17) is 5.73 Å². The molecule has 2 N–H and O–H groups in total. The number of aromatic nitrogens is 1. The topological polar surface area (TPSA) is 62.5 Å². The van der Waals surface area contributed by atoms with Crippen molar-refractivity contribution in [1.29, 1.82) is 0 Å². The SMILES string of the molecule is CN1CCC(N(C)C(=O)c2cc(N)ccn2)CC1. The fourth-order valence-corrected chi connectivity index (χ4v) is 2.29. The van der Waals surface area contributed by atoms with Gasteiger partial charge >= 0.3 is 0 Å². The maximum atomic E-state index is 12.3. The lowest BCUT2D eigenvalue weighted by molar-refractivity contribution is 0.0654. The van der Waals surface area contributed by atoms with E-state index >= 15 is 0 Å². The molecule has 1 saturated heterocycles. The molecule has 0 unspecified atom stereocenters. The lowest BCUT2D eigenvalue weighted by atomic mass is 10.0. The maximum Gasteiger partial charge on any atom is 0.272 e. The first-order valence-corrected chi connectivity index (χ1v) is 6.25. The molecule has 2 rings (SSSR count). The van der Waals surface area contributed by atoms with Crippen LogP contribution in [0.1, 0.15) is 23.3 Å². The summed E-state index contributed by atoms with van der Waals surface area (Å²) in [7, 11) is 3.96. The number of anilines is 1. The zero-order valence-corrected chi connectivity index (χ0v) is 11.0. The Bertz CT molecular complexity index is 427. The number of pyridine rings is 1. The number of nitrogens with zero attached hydrogens (tertiary/aromatic N) is 3. The summed E-state index contributed by atoms with van der Waals surface area (Å²) >= 11 is 0. The summed E-state index contributed by atoms with van der Waals surface area (Å²) < 4.78 is 0. The zero-order valence-electron chi connectivity index (χ0n) is 11.0. The Morgan fingerprint density at radius 2 is 2.17 bits per heavy atom. The molecule has 98 valence electrons. The maximum absolute atomic E-state index is 12.3. The highest BCUT2D eigenvalue weighted by Crippen LogP contribution is 2.16. The van der Waals surface area contributed by atoms with E-state index in [1.54, 1.807) is 23.2 Å². The van der Waals surface area contributed by atoms with E-state index in [0.717, 1.165) is 25.9 Å². The molecule has 1 aromatic heterocycles. The molecule has 1 fully saturated rings. The molecular formula is C13H20N4O. The van der Waals surface area contributed by atoms with E-state index in [1.165, 1.54) is 0 Å². The molecule has 0 saturated carbocycles. The molecule has 0 spiro atoms. The van der Waals surface area contributed by atoms with E-state index in [-0.39, 0.29) is 5.91 Å². The Morgan fingerprint density at radius 1 is 1.50 bits per heavy atom. The molecule has 0 radical (unpaired) electrons. The molecule has 1 aliphatic heterocycles. The molecule has 5 nitrogen and oxygen atoms in total. The number of nitrogens with two attached hydrogens (primary N) is 1. The summed E-state index contributed by atoms with van der Waals surface area (Å²) in [4.78, 5) is 20.4. The fraction of sp³-hybridized carbons (Fsp3) is 0.538. The largest absolute Gasteiger partial charge is 0.399 e. The molecule has 5 heteroatoms. The quantitative estimate of drug-likeness (QED) is 0.842. The molecule has 1 amide bonds. The van der Waals surface area contributed by atoms with E-state index in [9.17, 15) is 4.79 Å². The van der Waals surface area contributed by atoms with Gasteiger partial charge in [0.15, 0.2) is 0 Å². The summed E-state index contributed by atoms with van der Waals surface area (Å²) in [5.74, 6) is -0.0446. The molecule has 0 aromatic carbocycles. The van der Waals surface area contributed by atoms with Crippen LogP contribution in [0, 0.1) is 0 Å². The van der Waals surface area contributed by atoms with Gasteiger partial charge in [0.2, 0.25) is 0 Å². The van der Waals surface area contributed by atoms with Crippen molar-refractivity contribution in [2.75, 3.05) is 32.9 Å². The molecule has 2 heterocycles. The van der Waals surface area contributed by atoms with Crippen LogP contribution in [0.5, 0.6) is 0 Å². The first-order valence-electron chi connectivity index (χ1n) is 6.25. The smallest absolute Gasteiger partial charge is 0.272 e. The van der Waals surface area contributed by atoms with Crippen LogP contribution in [0.4, 0.5) is 5.69 Å². The van der Waals surface area contributed by atoms with Gasteiger partial charge in [-0.25, -0.2) is 0 Å². The van der Waals surface area contributed by atoms with E-state index < -0.39 is 0 Å². The highest BCUT2D eigenvalue weighted by molar-refractivity contribution is 5.93. The minimum atomic E-state index is -0.0446. The zero-order chi connectivity index (χ0) is 13.1. The Labute approximate surface area is 108 Å². The summed E-state index contributed by atoms with van der Waals surface area (Å²) in [6.07, 6.45) is 3.60. The Morgan fingerprint density at radius 3 is 2.78 bits per heavy atom. The third kappa shape index (κ3) is 2.79. The summed E-state index contributed by atoms with van der Waals surface area (Å²) in [5.41, 5.74) is 6.68. The van der Waals surface area contributed by atoms with Crippen LogP contribution in [0.15, 0.2) is 18.3 Å². The molecule has 0 bridgehead atoms. The van der Waals surface area contributed by atoms with Crippen LogP contribution in [0.25, 0.3) is 0 Å². The standard InChI is InChI=1S/C13H20N4O/c1-16-7-4-11(5-8-16)17(2)13(18)12-9-10(14)3-6-15-12/h3,6,9,11H,4-5,7-8H2,1-2H3,(H2,14,15). The van der Waals surface area contributed by atoms with Gasteiger partial charge in [-0.15, -0.1) is 0 Å². The number of amides is 1. The molecule has 18 heavy (non-hydrogen) atoms. The third-order valence-electron chi connectivity index (χ3n) is 3.56. The second-order valence-corrected chi connectivity index (χ2v) is 4.92. The van der Waals surface area contributed by atoms with Gasteiger partial charge in [0.1, 0.15) is 5.69 Å². The second kappa shape index (κ2) is 5.35. The van der Waals surface area contributed by atoms with Gasteiger partial charge in [0, 0.05) is 25.0 Å². The number of hydrogen-bond acceptors (Lipinski definition) is 4. The number of piperidine rings is 1. The number of rotatable bonds is 2. The van der Waals surface area contributed by atoms with Crippen LogP contribution in [0.2, 0.25) is 0 Å². The predicted molar refractivity (Wildman–Crippen MR) is 71.3 cm³/mol. The molecule has 0 atom stereocenters. The fourth-order valence-electron chi connectivity index (χ4n) is 2.29. The van der Waals surface area contributed by atoms with Gasteiger partial charge in [0.05, 0.1) is 0 Å². The summed E-state index contributed by atoms with van der Waals surface area (Å²) in [5, 5.41) is 0. The molecular weight excluding hydrogens is 228 g/mol. The van der Waals surface area contributed by atoms with Crippen molar-refractivity contribution >= 4 is 11.6 Å². The Kier molecular flexibility index (Phi) is 3.81. The normalized spacial score (nSPS) is 17.7. The highest BCUT2D eigenvalue weighted by atomic mass is 16.2. The average molecular weight is 248 g/mol. The third-order valence-corrected chi connectivity index (χ3v) is 3.56. The summed E-state index contributed by atoms with van der Waals surface area (Å²) in [6.45, 7) is 2.07. The predicted octanol–water partition coefficient (Wildman–Crippen LogP) is 0.830. The molecule has 0 aliphatic carbocycles. The van der Waals surface area contributed by atoms with Crippen LogP contribution >= 0.6 is 0 Å². The van der Waals surface area contributed by atoms with Crippen molar-refractivity contribution in [2.24, 2.45) is 0 Å². The Hall–Kier alpha value is -1.62. The lowest BCUT2D eigenvalue weighted by Crippen LogP contribution is -2.44. The average Bonchev–Trinajstić information content (AvgIpc) is 2.38. The first-order chi connectivity index (χ1) is 8.58. The number of carbonyl (C=O) groups excluding carboxylic acids is 1. The number of nitrogen functional groups attached to an aromatic ring is 1. The van der Waals surface area contributed by atoms with Gasteiger partial charge in [-0.3, -0.25) is 9.78 Å². The van der Waals surface area contributed by atoms with Gasteiger partial charge in [0.25, 0.3) is 5.91 Å². The van der Waals surface area contributed by atoms with Crippen molar-refractivity contribution in [3.8, 4) is 0 Å². The van der Waals surface area contributed by atoms with Crippen LogP contribution in [-0.4, -0.2) is 53.9 Å². The van der Waals surface area contributed by atoms with Crippen LogP contribution < -0.4 is 5.73 Å². The van der Waals surface area contributed by atoms with Gasteiger partial charge < -0.3 is 15.5 Å². The van der Waals surface area contributed by atoms with E-state index in [2.05, 4.69) is 16.9 Å². The van der Waals surface area contributed by atoms with E-state index in [0.29, 0.717) is 17.4 Å². The van der Waals surface area contributed by atoms with Crippen molar-refractivity contribution in [3.63, 3.8) is 0 Å². The van der Waals surface area contributed by atoms with E-state index in [1.807, 2.05) is 7.05 Å². The van der Waals surface area contributed by atoms with Crippen LogP contribution in [-0.2, 0) is 0 Å². The second-order valence-electron chi connectivity index (χ2n) is 4.92. The van der Waals surface area contributed by atoms with Gasteiger partial charge in [-0.05, 0) is 45.1 Å². The van der Waals surface area contributed by atoms with Crippen molar-refractivity contribution in [2.45, 2.75) is 18.9 Å². The lowest BCUT2D eigenvalue weighted by Gasteiger charge is -2.34. The minimum absolute atomic E-state index is 0.0446. The number of hydrogen-bond donors (Lipinski definition) is 1. The highest BCUT2D eigenvalue weighted by Gasteiger charge is 2.25. The summed E-state index contributed by atoms with van der Waals surface area (Å²) in [6, 6.07) is 3.62.